The normalized spacial score (nSPS) is 15.9. The van der Waals surface area contributed by atoms with Gasteiger partial charge in [-0.1, -0.05) is 0 Å². The van der Waals surface area contributed by atoms with E-state index in [0.29, 0.717) is 0 Å². The zero-order valence-electron chi connectivity index (χ0n) is 8.06. The predicted molar refractivity (Wildman–Crippen MR) is 62.8 cm³/mol. The van der Waals surface area contributed by atoms with E-state index in [9.17, 15) is 0 Å². The van der Waals surface area contributed by atoms with Crippen molar-refractivity contribution in [2.45, 2.75) is 20.8 Å². The van der Waals surface area contributed by atoms with E-state index in [4.69, 9.17) is 11.2 Å². The zero-order valence-corrected chi connectivity index (χ0v) is 10.5. The summed E-state index contributed by atoms with van der Waals surface area (Å²) >= 11 is 8.67. The maximum absolute atomic E-state index is 6.76. The number of hydrogen-bond acceptors (Lipinski definition) is 1. The molecule has 3 heteroatoms. The molecule has 70 valence electrons. The Labute approximate surface area is 80.2 Å². The predicted octanol–water partition coefficient (Wildman–Crippen LogP) is 4.07. The van der Waals surface area contributed by atoms with Gasteiger partial charge in [0, 0.05) is 0 Å². The van der Waals surface area contributed by atoms with Crippen LogP contribution in [0.2, 0.25) is 0 Å². The molecule has 0 nitrogen and oxygen atoms in total. The van der Waals surface area contributed by atoms with Gasteiger partial charge in [-0.15, -0.1) is 0 Å². The first-order valence-electron chi connectivity index (χ1n) is 4.25. The summed E-state index contributed by atoms with van der Waals surface area (Å²) in [7, 11) is 0. The third-order valence-electron chi connectivity index (χ3n) is 2.82. The Balaban J connectivity index is 4.44. The second-order valence-electron chi connectivity index (χ2n) is 3.19. The van der Waals surface area contributed by atoms with Crippen LogP contribution in [0.4, 0.5) is 0 Å². The summed E-state index contributed by atoms with van der Waals surface area (Å²) in [6.45, 7) is 6.73. The van der Waals surface area contributed by atoms with E-state index >= 15 is 0 Å². The Morgan fingerprint density at radius 3 is 1.55 bits per heavy atom. The average Bonchev–Trinajstić information content (AvgIpc) is 2.06. The third-order valence-corrected chi connectivity index (χ3v) is 14.2. The van der Waals surface area contributed by atoms with Crippen molar-refractivity contribution in [3.63, 3.8) is 0 Å². The molecule has 0 aromatic heterocycles. The van der Waals surface area contributed by atoms with Gasteiger partial charge in [-0.3, -0.25) is 0 Å². The van der Waals surface area contributed by atoms with E-state index in [0.717, 1.165) is 0 Å². The molecule has 0 amide bonds. The summed E-state index contributed by atoms with van der Waals surface area (Å²) in [6, 6.07) is 0. The number of hydrogen-bond donors (Lipinski definition) is 0. The fourth-order valence-corrected chi connectivity index (χ4v) is 8.26. The molecule has 0 radical (unpaired) electrons. The fraction of sp³-hybridized carbons (Fsp3) is 1.00. The van der Waals surface area contributed by atoms with E-state index in [1.165, 1.54) is 24.0 Å². The van der Waals surface area contributed by atoms with Crippen LogP contribution in [0, 0.1) is 0 Å². The second kappa shape index (κ2) is 4.35. The number of thioether (sulfide) groups is 1. The summed E-state index contributed by atoms with van der Waals surface area (Å²) < 4.78 is 0. The van der Waals surface area contributed by atoms with Gasteiger partial charge in [0.15, 0.2) is 0 Å². The summed E-state index contributed by atoms with van der Waals surface area (Å²) in [5.74, 6) is -1.75. The molecule has 0 aromatic rings. The molecule has 0 aromatic carbocycles. The van der Waals surface area contributed by atoms with Crippen molar-refractivity contribution in [2.75, 3.05) is 30.2 Å². The van der Waals surface area contributed by atoms with E-state index < -0.39 is 5.96 Å². The average molecular weight is 215 g/mol. The SMILES string of the molecule is CCP(Cl)(CC)(CC)CSC. The monoisotopic (exact) mass is 214 g/mol. The van der Waals surface area contributed by atoms with E-state index in [1.54, 1.807) is 0 Å². The van der Waals surface area contributed by atoms with Crippen molar-refractivity contribution in [1.29, 1.82) is 0 Å². The molecule has 0 bridgehead atoms. The Kier molecular flexibility index (Phi) is 4.77. The van der Waals surface area contributed by atoms with Gasteiger partial charge in [-0.25, -0.2) is 0 Å². The Hall–Kier alpha value is 1.07. The zero-order chi connectivity index (χ0) is 8.98. The molecule has 11 heavy (non-hydrogen) atoms. The van der Waals surface area contributed by atoms with Gasteiger partial charge in [0.05, 0.1) is 0 Å². The molecular weight excluding hydrogens is 195 g/mol. The molecule has 0 N–H and O–H groups in total. The molecule has 0 heterocycles. The molecule has 0 spiro atoms. The minimum absolute atomic E-state index is 1.19. The standard InChI is InChI=1S/C8H20ClPS/c1-5-10(9,6-2,7-3)8-11-4/h5-8H2,1-4H3. The molecule has 0 atom stereocenters. The van der Waals surface area contributed by atoms with Crippen LogP contribution in [-0.4, -0.2) is 30.2 Å². The van der Waals surface area contributed by atoms with Gasteiger partial charge >= 0.3 is 80.0 Å². The van der Waals surface area contributed by atoms with Gasteiger partial charge in [-0.05, 0) is 0 Å². The van der Waals surface area contributed by atoms with Crippen LogP contribution in [-0.2, 0) is 0 Å². The summed E-state index contributed by atoms with van der Waals surface area (Å²) in [4.78, 5) is 0. The van der Waals surface area contributed by atoms with Crippen LogP contribution in [0.1, 0.15) is 20.8 Å². The van der Waals surface area contributed by atoms with Crippen molar-refractivity contribution in [3.05, 3.63) is 0 Å². The van der Waals surface area contributed by atoms with Crippen molar-refractivity contribution in [1.82, 2.24) is 0 Å². The van der Waals surface area contributed by atoms with Crippen LogP contribution in [0.5, 0.6) is 0 Å². The molecule has 0 aliphatic carbocycles. The first-order chi connectivity index (χ1) is 5.04. The van der Waals surface area contributed by atoms with Gasteiger partial charge < -0.3 is 0 Å². The summed E-state index contributed by atoms with van der Waals surface area (Å²) in [5, 5.41) is 0. The van der Waals surface area contributed by atoms with Crippen LogP contribution < -0.4 is 0 Å². The molecule has 0 aliphatic rings. The molecule has 0 rings (SSSR count). The molecule has 0 aliphatic heterocycles. The minimum atomic E-state index is -1.75. The van der Waals surface area contributed by atoms with Gasteiger partial charge in [0.2, 0.25) is 0 Å². The Bertz CT molecular complexity index is 112. The molecule has 0 unspecified atom stereocenters. The van der Waals surface area contributed by atoms with Crippen LogP contribution in [0.25, 0.3) is 0 Å². The van der Waals surface area contributed by atoms with Crippen LogP contribution >= 0.6 is 29.0 Å². The molecular formula is C8H20ClPS. The number of rotatable bonds is 5. The van der Waals surface area contributed by atoms with Crippen molar-refractivity contribution < 1.29 is 0 Å². The van der Waals surface area contributed by atoms with Crippen molar-refractivity contribution >= 4 is 29.0 Å². The molecule has 0 fully saturated rings. The quantitative estimate of drug-likeness (QED) is 0.622. The van der Waals surface area contributed by atoms with Gasteiger partial charge in [0.1, 0.15) is 0 Å². The Morgan fingerprint density at radius 1 is 1.09 bits per heavy atom. The van der Waals surface area contributed by atoms with Crippen molar-refractivity contribution in [2.24, 2.45) is 0 Å². The van der Waals surface area contributed by atoms with Crippen LogP contribution in [0.15, 0.2) is 0 Å². The first kappa shape index (κ1) is 12.1. The van der Waals surface area contributed by atoms with Crippen LogP contribution in [0.3, 0.4) is 0 Å². The van der Waals surface area contributed by atoms with E-state index in [1.807, 2.05) is 11.8 Å². The molecule has 0 saturated carbocycles. The maximum atomic E-state index is 6.76. The second-order valence-corrected chi connectivity index (χ2v) is 13.2. The topological polar surface area (TPSA) is 0 Å². The Morgan fingerprint density at radius 2 is 1.45 bits per heavy atom. The third kappa shape index (κ3) is 2.79. The molecule has 0 saturated heterocycles. The first-order valence-corrected chi connectivity index (χ1v) is 9.53. The number of halogens is 1. The van der Waals surface area contributed by atoms with Gasteiger partial charge in [0.25, 0.3) is 0 Å². The van der Waals surface area contributed by atoms with E-state index in [2.05, 4.69) is 27.0 Å². The summed E-state index contributed by atoms with van der Waals surface area (Å²) in [6.07, 6.45) is 5.74. The summed E-state index contributed by atoms with van der Waals surface area (Å²) in [5.41, 5.74) is 1.19. The van der Waals surface area contributed by atoms with Crippen molar-refractivity contribution in [3.8, 4) is 0 Å². The fourth-order valence-electron chi connectivity index (χ4n) is 1.27. The van der Waals surface area contributed by atoms with Gasteiger partial charge in [-0.2, -0.15) is 0 Å². The van der Waals surface area contributed by atoms with E-state index in [-0.39, 0.29) is 0 Å².